The molecule has 1 saturated heterocycles. The Bertz CT molecular complexity index is 1150. The highest BCUT2D eigenvalue weighted by molar-refractivity contribution is 7.32. The highest BCUT2D eigenvalue weighted by Gasteiger charge is 2.33. The Morgan fingerprint density at radius 1 is 1.22 bits per heavy atom. The van der Waals surface area contributed by atoms with Crippen molar-refractivity contribution in [2.75, 3.05) is 11.4 Å². The summed E-state index contributed by atoms with van der Waals surface area (Å²) in [6, 6.07) is 5.21. The van der Waals surface area contributed by atoms with Gasteiger partial charge in [-0.15, -0.1) is 9.99 Å². The van der Waals surface area contributed by atoms with Gasteiger partial charge in [0.25, 0.3) is 0 Å². The summed E-state index contributed by atoms with van der Waals surface area (Å²) < 4.78 is 43.8. The molecule has 13 heteroatoms. The molecule has 0 saturated carbocycles. The summed E-state index contributed by atoms with van der Waals surface area (Å²) in [6.07, 6.45) is 4.36. The first-order valence-corrected chi connectivity index (χ1v) is 10.8. The molecule has 3 heterocycles. The van der Waals surface area contributed by atoms with Gasteiger partial charge >= 0.3 is 8.25 Å². The summed E-state index contributed by atoms with van der Waals surface area (Å²) in [6.45, 7) is -0.0464. The first kappa shape index (κ1) is 22.0. The van der Waals surface area contributed by atoms with Gasteiger partial charge in [0.15, 0.2) is 17.5 Å². The molecular formula is C19H18F2N6O4P+. The smallest absolute Gasteiger partial charge is 0.281 e. The third-order valence-electron chi connectivity index (χ3n) is 5.04. The van der Waals surface area contributed by atoms with E-state index in [4.69, 9.17) is 9.42 Å². The summed E-state index contributed by atoms with van der Waals surface area (Å²) in [5.74, 6) is -2.26. The number of aromatic nitrogens is 5. The van der Waals surface area contributed by atoms with Gasteiger partial charge in [-0.25, -0.2) is 8.78 Å². The molecule has 2 unspecified atom stereocenters. The SMILES string of the molecule is O=C1C(Cc2ccc(F)c(F)c2)CCCN1c1nc(-c2ccnnc2)nn1CO[P+](=O)O. The van der Waals surface area contributed by atoms with Crippen molar-refractivity contribution < 1.29 is 27.6 Å². The van der Waals surface area contributed by atoms with Crippen LogP contribution >= 0.6 is 8.25 Å². The zero-order valence-corrected chi connectivity index (χ0v) is 17.5. The maximum absolute atomic E-state index is 13.6. The fraction of sp³-hybridized carbons (Fsp3) is 0.316. The van der Waals surface area contributed by atoms with Gasteiger partial charge in [0.05, 0.1) is 12.4 Å². The lowest BCUT2D eigenvalue weighted by Gasteiger charge is -2.31. The van der Waals surface area contributed by atoms with Gasteiger partial charge in [-0.2, -0.15) is 19.9 Å². The maximum atomic E-state index is 13.6. The monoisotopic (exact) mass is 463 g/mol. The molecule has 0 radical (unpaired) electrons. The number of nitrogens with zero attached hydrogens (tertiary/aromatic N) is 6. The second-order valence-corrected chi connectivity index (χ2v) is 7.88. The topological polar surface area (TPSA) is 123 Å². The molecule has 2 aromatic heterocycles. The minimum atomic E-state index is -2.89. The Labute approximate surface area is 181 Å². The molecule has 1 fully saturated rings. The first-order valence-electron chi connectivity index (χ1n) is 9.68. The van der Waals surface area contributed by atoms with Crippen LogP contribution in [0.2, 0.25) is 0 Å². The fourth-order valence-corrected chi connectivity index (χ4v) is 3.77. The van der Waals surface area contributed by atoms with Gasteiger partial charge < -0.3 is 0 Å². The van der Waals surface area contributed by atoms with E-state index >= 15 is 0 Å². The van der Waals surface area contributed by atoms with Crippen LogP contribution in [0.25, 0.3) is 11.4 Å². The van der Waals surface area contributed by atoms with E-state index < -0.39 is 32.5 Å². The second kappa shape index (κ2) is 9.51. The van der Waals surface area contributed by atoms with E-state index in [-0.39, 0.29) is 24.1 Å². The molecular weight excluding hydrogens is 445 g/mol. The molecule has 1 N–H and O–H groups in total. The highest BCUT2D eigenvalue weighted by atomic mass is 31.1. The van der Waals surface area contributed by atoms with Crippen LogP contribution in [0.1, 0.15) is 18.4 Å². The average Bonchev–Trinajstić information content (AvgIpc) is 3.21. The minimum absolute atomic E-state index is 0.147. The summed E-state index contributed by atoms with van der Waals surface area (Å²) in [5, 5.41) is 11.8. The summed E-state index contributed by atoms with van der Waals surface area (Å²) in [5.41, 5.74) is 1.05. The molecule has 10 nitrogen and oxygen atoms in total. The number of halogens is 2. The summed E-state index contributed by atoms with van der Waals surface area (Å²) in [7, 11) is -2.89. The van der Waals surface area contributed by atoms with Gasteiger partial charge in [0, 0.05) is 22.6 Å². The highest BCUT2D eigenvalue weighted by Crippen LogP contribution is 2.29. The van der Waals surface area contributed by atoms with Crippen LogP contribution in [-0.2, 0) is 27.0 Å². The number of hydrogen-bond donors (Lipinski definition) is 1. The van der Waals surface area contributed by atoms with E-state index in [1.165, 1.54) is 28.0 Å². The molecule has 166 valence electrons. The Hall–Kier alpha value is -3.21. The number of benzene rings is 1. The van der Waals surface area contributed by atoms with E-state index in [1.807, 2.05) is 0 Å². The van der Waals surface area contributed by atoms with Crippen LogP contribution in [0.5, 0.6) is 0 Å². The van der Waals surface area contributed by atoms with Crippen molar-refractivity contribution in [3.05, 3.63) is 53.9 Å². The van der Waals surface area contributed by atoms with Gasteiger partial charge in [-0.3, -0.25) is 9.69 Å². The fourth-order valence-electron chi connectivity index (χ4n) is 3.56. The predicted octanol–water partition coefficient (Wildman–Crippen LogP) is 2.62. The molecule has 32 heavy (non-hydrogen) atoms. The van der Waals surface area contributed by atoms with E-state index in [1.54, 1.807) is 6.07 Å². The van der Waals surface area contributed by atoms with Gasteiger partial charge in [-0.1, -0.05) is 10.6 Å². The van der Waals surface area contributed by atoms with Gasteiger partial charge in [-0.05, 0) is 43.0 Å². The van der Waals surface area contributed by atoms with E-state index in [9.17, 15) is 18.1 Å². The Morgan fingerprint density at radius 3 is 2.78 bits per heavy atom. The standard InChI is InChI=1S/C19H17F2N6O4P/c20-15-4-3-12(9-16(15)21)8-13-2-1-7-26(18(13)28)19-24-17(14-5-6-22-23-10-14)25-27(19)11-31-32(29)30/h3-6,9-10,13H,1-2,7-8,11H2/p+1. The zero-order valence-electron chi connectivity index (χ0n) is 16.6. The minimum Gasteiger partial charge on any atom is -0.281 e. The molecule has 2 atom stereocenters. The molecule has 3 aromatic rings. The van der Waals surface area contributed by atoms with Crippen LogP contribution in [0.15, 0.2) is 36.7 Å². The van der Waals surface area contributed by atoms with Crippen molar-refractivity contribution in [2.24, 2.45) is 5.92 Å². The lowest BCUT2D eigenvalue weighted by molar-refractivity contribution is -0.123. The third-order valence-corrected chi connectivity index (χ3v) is 5.38. The van der Waals surface area contributed by atoms with E-state index in [0.29, 0.717) is 30.5 Å². The largest absolute Gasteiger partial charge is 0.696 e. The van der Waals surface area contributed by atoms with Crippen molar-refractivity contribution >= 4 is 20.1 Å². The van der Waals surface area contributed by atoms with E-state index in [0.717, 1.165) is 12.1 Å². The number of amides is 1. The van der Waals surface area contributed by atoms with Crippen LogP contribution in [0.4, 0.5) is 14.7 Å². The molecule has 4 rings (SSSR count). The number of piperidine rings is 1. The number of anilines is 1. The molecule has 0 spiro atoms. The molecule has 0 bridgehead atoms. The number of carbonyl (C=O) groups is 1. The van der Waals surface area contributed by atoms with Gasteiger partial charge in [0.2, 0.25) is 18.6 Å². The molecule has 1 aromatic carbocycles. The van der Waals surface area contributed by atoms with Crippen molar-refractivity contribution in [3.63, 3.8) is 0 Å². The average molecular weight is 463 g/mol. The normalized spacial score (nSPS) is 17.0. The zero-order chi connectivity index (χ0) is 22.7. The predicted molar refractivity (Wildman–Crippen MR) is 107 cm³/mol. The van der Waals surface area contributed by atoms with Crippen LogP contribution in [0.3, 0.4) is 0 Å². The number of rotatable bonds is 7. The third kappa shape index (κ3) is 4.82. The lowest BCUT2D eigenvalue weighted by Crippen LogP contribution is -2.43. The van der Waals surface area contributed by atoms with Crippen LogP contribution < -0.4 is 4.90 Å². The first-order chi connectivity index (χ1) is 15.4. The van der Waals surface area contributed by atoms with Crippen LogP contribution in [0, 0.1) is 17.6 Å². The Morgan fingerprint density at radius 2 is 2.06 bits per heavy atom. The Balaban J connectivity index is 1.61. The number of carbonyl (C=O) groups excluding carboxylic acids is 1. The lowest BCUT2D eigenvalue weighted by atomic mass is 9.90. The maximum Gasteiger partial charge on any atom is 0.696 e. The molecule has 1 aliphatic rings. The van der Waals surface area contributed by atoms with E-state index in [2.05, 4.69) is 20.3 Å². The van der Waals surface area contributed by atoms with Gasteiger partial charge in [0.1, 0.15) is 0 Å². The molecule has 1 aliphatic heterocycles. The second-order valence-electron chi connectivity index (χ2n) is 7.14. The summed E-state index contributed by atoms with van der Waals surface area (Å²) >= 11 is 0. The molecule has 1 amide bonds. The Kier molecular flexibility index (Phi) is 6.54. The quantitative estimate of drug-likeness (QED) is 0.531. The molecule has 0 aliphatic carbocycles. The van der Waals surface area contributed by atoms with Crippen molar-refractivity contribution in [1.29, 1.82) is 0 Å². The van der Waals surface area contributed by atoms with Crippen molar-refractivity contribution in [3.8, 4) is 11.4 Å². The van der Waals surface area contributed by atoms with Crippen LogP contribution in [-0.4, -0.2) is 42.3 Å². The number of hydrogen-bond acceptors (Lipinski definition) is 7. The summed E-state index contributed by atoms with van der Waals surface area (Å²) in [4.78, 5) is 28.1. The van der Waals surface area contributed by atoms with Crippen molar-refractivity contribution in [2.45, 2.75) is 26.0 Å². The van der Waals surface area contributed by atoms with Crippen molar-refractivity contribution in [1.82, 2.24) is 25.0 Å².